The van der Waals surface area contributed by atoms with Crippen molar-refractivity contribution in [3.05, 3.63) is 0 Å². The maximum Gasteiger partial charge on any atom is 0.319 e. The molecule has 0 radical (unpaired) electrons. The maximum atomic E-state index is 12.9. The van der Waals surface area contributed by atoms with E-state index in [0.29, 0.717) is 39.0 Å². The number of hydrogen-bond donors (Lipinski definition) is 0. The number of carbonyl (C=O) groups is 4. The van der Waals surface area contributed by atoms with E-state index in [0.717, 1.165) is 43.4 Å². The van der Waals surface area contributed by atoms with Gasteiger partial charge in [0.25, 0.3) is 0 Å². The standard InChI is InChI=1S/C18H27N3O4/c22-15-9-7-8-14(16(23)19-10-3-1-4-11-19)21(15)18(25)17(24)20-12-5-2-6-13-20/h14H,1-13H2. The van der Waals surface area contributed by atoms with Crippen LogP contribution in [-0.4, -0.2) is 70.5 Å². The molecule has 3 saturated heterocycles. The van der Waals surface area contributed by atoms with Gasteiger partial charge in [-0.3, -0.25) is 24.1 Å². The molecule has 138 valence electrons. The highest BCUT2D eigenvalue weighted by molar-refractivity contribution is 6.38. The number of amides is 4. The second kappa shape index (κ2) is 7.97. The van der Waals surface area contributed by atoms with Gasteiger partial charge in [0.05, 0.1) is 0 Å². The average molecular weight is 349 g/mol. The van der Waals surface area contributed by atoms with E-state index >= 15 is 0 Å². The van der Waals surface area contributed by atoms with Gasteiger partial charge in [-0.1, -0.05) is 0 Å². The predicted octanol–water partition coefficient (Wildman–Crippen LogP) is 0.919. The Labute approximate surface area is 148 Å². The fraction of sp³-hybridized carbons (Fsp3) is 0.778. The summed E-state index contributed by atoms with van der Waals surface area (Å²) >= 11 is 0. The van der Waals surface area contributed by atoms with Crippen LogP contribution < -0.4 is 0 Å². The molecule has 25 heavy (non-hydrogen) atoms. The molecule has 0 aliphatic carbocycles. The topological polar surface area (TPSA) is 78.0 Å². The van der Waals surface area contributed by atoms with Gasteiger partial charge in [-0.15, -0.1) is 0 Å². The van der Waals surface area contributed by atoms with E-state index in [1.54, 1.807) is 4.90 Å². The van der Waals surface area contributed by atoms with Crippen LogP contribution in [0.5, 0.6) is 0 Å². The number of nitrogens with zero attached hydrogens (tertiary/aromatic N) is 3. The second-order valence-corrected chi connectivity index (χ2v) is 7.22. The summed E-state index contributed by atoms with van der Waals surface area (Å²) in [5.41, 5.74) is 0. The van der Waals surface area contributed by atoms with Gasteiger partial charge in [0.1, 0.15) is 6.04 Å². The minimum atomic E-state index is -0.818. The van der Waals surface area contributed by atoms with E-state index in [4.69, 9.17) is 0 Å². The van der Waals surface area contributed by atoms with Crippen molar-refractivity contribution < 1.29 is 19.2 Å². The van der Waals surface area contributed by atoms with Crippen molar-refractivity contribution in [3.63, 3.8) is 0 Å². The number of hydrogen-bond acceptors (Lipinski definition) is 4. The van der Waals surface area contributed by atoms with E-state index in [1.165, 1.54) is 4.90 Å². The molecule has 0 spiro atoms. The summed E-state index contributed by atoms with van der Waals surface area (Å²) in [6.07, 6.45) is 7.08. The van der Waals surface area contributed by atoms with Crippen molar-refractivity contribution in [3.8, 4) is 0 Å². The fourth-order valence-electron chi connectivity index (χ4n) is 4.02. The Hall–Kier alpha value is -1.92. The molecule has 3 fully saturated rings. The first-order valence-electron chi connectivity index (χ1n) is 9.53. The molecular weight excluding hydrogens is 322 g/mol. The Morgan fingerprint density at radius 3 is 1.88 bits per heavy atom. The molecule has 0 aromatic heterocycles. The molecule has 0 saturated carbocycles. The number of likely N-dealkylation sites (tertiary alicyclic amines) is 3. The minimum absolute atomic E-state index is 0.174. The van der Waals surface area contributed by atoms with Crippen LogP contribution in [0.3, 0.4) is 0 Å². The fourth-order valence-corrected chi connectivity index (χ4v) is 4.02. The highest BCUT2D eigenvalue weighted by Crippen LogP contribution is 2.23. The first-order valence-corrected chi connectivity index (χ1v) is 9.53. The van der Waals surface area contributed by atoms with Crippen molar-refractivity contribution in [2.45, 2.75) is 63.8 Å². The van der Waals surface area contributed by atoms with Crippen molar-refractivity contribution in [1.82, 2.24) is 14.7 Å². The lowest BCUT2D eigenvalue weighted by Crippen LogP contribution is -2.59. The number of piperidine rings is 3. The first-order chi connectivity index (χ1) is 12.1. The van der Waals surface area contributed by atoms with Crippen LogP contribution in [0.25, 0.3) is 0 Å². The Balaban J connectivity index is 1.74. The molecular formula is C18H27N3O4. The molecule has 3 heterocycles. The van der Waals surface area contributed by atoms with Gasteiger partial charge >= 0.3 is 11.8 Å². The quantitative estimate of drug-likeness (QED) is 0.660. The van der Waals surface area contributed by atoms with Gasteiger partial charge in [-0.25, -0.2) is 0 Å². The zero-order chi connectivity index (χ0) is 17.8. The van der Waals surface area contributed by atoms with Crippen LogP contribution in [0, 0.1) is 0 Å². The predicted molar refractivity (Wildman–Crippen MR) is 90.4 cm³/mol. The number of carbonyl (C=O) groups excluding carboxylic acids is 4. The average Bonchev–Trinajstić information content (AvgIpc) is 2.67. The van der Waals surface area contributed by atoms with Gasteiger partial charge in [0.2, 0.25) is 11.8 Å². The summed E-state index contributed by atoms with van der Waals surface area (Å²) in [6.45, 7) is 2.45. The van der Waals surface area contributed by atoms with Gasteiger partial charge in [-0.2, -0.15) is 0 Å². The molecule has 3 aliphatic heterocycles. The van der Waals surface area contributed by atoms with E-state index in [-0.39, 0.29) is 12.3 Å². The van der Waals surface area contributed by atoms with E-state index in [2.05, 4.69) is 0 Å². The SMILES string of the molecule is O=C(C(=O)N1C(=O)CCCC1C(=O)N1CCCCC1)N1CCCCC1. The van der Waals surface area contributed by atoms with Gasteiger partial charge < -0.3 is 9.80 Å². The summed E-state index contributed by atoms with van der Waals surface area (Å²) in [5.74, 6) is -2.02. The Morgan fingerprint density at radius 1 is 0.720 bits per heavy atom. The monoisotopic (exact) mass is 349 g/mol. The van der Waals surface area contributed by atoms with Crippen LogP contribution in [0.1, 0.15) is 57.8 Å². The maximum absolute atomic E-state index is 12.9. The molecule has 0 aromatic rings. The Kier molecular flexibility index (Phi) is 5.71. The van der Waals surface area contributed by atoms with Crippen molar-refractivity contribution in [2.24, 2.45) is 0 Å². The van der Waals surface area contributed by atoms with Crippen molar-refractivity contribution in [2.75, 3.05) is 26.2 Å². The summed E-state index contributed by atoms with van der Waals surface area (Å²) < 4.78 is 0. The van der Waals surface area contributed by atoms with Crippen LogP contribution in [0.2, 0.25) is 0 Å². The third kappa shape index (κ3) is 3.85. The summed E-state index contributed by atoms with van der Waals surface area (Å²) in [5, 5.41) is 0. The van der Waals surface area contributed by atoms with Crippen LogP contribution in [0.15, 0.2) is 0 Å². The largest absolute Gasteiger partial charge is 0.341 e. The lowest BCUT2D eigenvalue weighted by molar-refractivity contribution is -0.164. The molecule has 0 N–H and O–H groups in total. The molecule has 1 atom stereocenters. The minimum Gasteiger partial charge on any atom is -0.341 e. The third-order valence-corrected chi connectivity index (χ3v) is 5.45. The zero-order valence-corrected chi connectivity index (χ0v) is 14.7. The number of rotatable bonds is 1. The molecule has 0 bridgehead atoms. The second-order valence-electron chi connectivity index (χ2n) is 7.22. The normalized spacial score (nSPS) is 25.0. The molecule has 1 unspecified atom stereocenters. The van der Waals surface area contributed by atoms with Gasteiger partial charge in [-0.05, 0) is 51.4 Å². The summed E-state index contributed by atoms with van der Waals surface area (Å²) in [7, 11) is 0. The lowest BCUT2D eigenvalue weighted by atomic mass is 9.98. The Morgan fingerprint density at radius 2 is 1.28 bits per heavy atom. The third-order valence-electron chi connectivity index (χ3n) is 5.45. The summed E-state index contributed by atoms with van der Waals surface area (Å²) in [4.78, 5) is 54.8. The highest BCUT2D eigenvalue weighted by Gasteiger charge is 2.42. The molecule has 3 rings (SSSR count). The Bertz CT molecular complexity index is 551. The van der Waals surface area contributed by atoms with E-state index < -0.39 is 23.8 Å². The molecule has 7 nitrogen and oxygen atoms in total. The van der Waals surface area contributed by atoms with Crippen molar-refractivity contribution in [1.29, 1.82) is 0 Å². The zero-order valence-electron chi connectivity index (χ0n) is 14.7. The summed E-state index contributed by atoms with van der Waals surface area (Å²) in [6, 6.07) is -0.805. The first kappa shape index (κ1) is 17.9. The van der Waals surface area contributed by atoms with Crippen LogP contribution in [0.4, 0.5) is 0 Å². The van der Waals surface area contributed by atoms with E-state index in [1.807, 2.05) is 0 Å². The smallest absolute Gasteiger partial charge is 0.319 e. The van der Waals surface area contributed by atoms with Crippen LogP contribution in [-0.2, 0) is 19.2 Å². The number of imide groups is 1. The highest BCUT2D eigenvalue weighted by atomic mass is 16.2. The van der Waals surface area contributed by atoms with Gasteiger partial charge in [0, 0.05) is 32.6 Å². The molecule has 0 aromatic carbocycles. The van der Waals surface area contributed by atoms with Gasteiger partial charge in [0.15, 0.2) is 0 Å². The van der Waals surface area contributed by atoms with Crippen LogP contribution >= 0.6 is 0 Å². The molecule has 3 aliphatic rings. The molecule has 7 heteroatoms. The van der Waals surface area contributed by atoms with E-state index in [9.17, 15) is 19.2 Å². The lowest BCUT2D eigenvalue weighted by Gasteiger charge is -2.38. The molecule has 4 amide bonds. The van der Waals surface area contributed by atoms with Crippen molar-refractivity contribution >= 4 is 23.6 Å².